The molecular weight excluding hydrogens is 263 g/mol. The summed E-state index contributed by atoms with van der Waals surface area (Å²) in [6.45, 7) is 0.650. The minimum Gasteiger partial charge on any atom is -0.372 e. The second kappa shape index (κ2) is 5.50. The summed E-state index contributed by atoms with van der Waals surface area (Å²) >= 11 is -0.115. The van der Waals surface area contributed by atoms with Crippen molar-refractivity contribution in [2.75, 3.05) is 6.61 Å². The molecule has 1 heterocycles. The minimum atomic E-state index is -4.25. The summed E-state index contributed by atoms with van der Waals surface area (Å²) in [6.07, 6.45) is 1.60. The van der Waals surface area contributed by atoms with Crippen LogP contribution in [0.3, 0.4) is 0 Å². The molecule has 0 radical (unpaired) electrons. The Balaban J connectivity index is 2.07. The van der Waals surface area contributed by atoms with E-state index in [2.05, 4.69) is 0 Å². The maximum atomic E-state index is 12.2. The Hall–Kier alpha value is -0.720. The number of hydrogen-bond acceptors (Lipinski definition) is 3. The first-order chi connectivity index (χ1) is 8.46. The first kappa shape index (κ1) is 13.7. The number of ether oxygens (including phenoxy) is 1. The SMILES string of the molecule is NC1CCCOC1c1ccc(SC(F)(F)F)cc1. The van der Waals surface area contributed by atoms with E-state index in [1.807, 2.05) is 0 Å². The first-order valence-corrected chi connectivity index (χ1v) is 6.50. The van der Waals surface area contributed by atoms with Crippen LogP contribution in [0, 0.1) is 0 Å². The summed E-state index contributed by atoms with van der Waals surface area (Å²) in [5.41, 5.74) is 2.53. The zero-order valence-electron chi connectivity index (χ0n) is 9.61. The smallest absolute Gasteiger partial charge is 0.372 e. The maximum absolute atomic E-state index is 12.2. The largest absolute Gasteiger partial charge is 0.446 e. The lowest BCUT2D eigenvalue weighted by Gasteiger charge is -2.29. The molecule has 1 aromatic carbocycles. The molecule has 2 unspecified atom stereocenters. The van der Waals surface area contributed by atoms with E-state index in [0.29, 0.717) is 6.61 Å². The average Bonchev–Trinajstić information content (AvgIpc) is 2.29. The van der Waals surface area contributed by atoms with Crippen molar-refractivity contribution >= 4 is 11.8 Å². The molecule has 0 amide bonds. The van der Waals surface area contributed by atoms with Crippen LogP contribution in [0.4, 0.5) is 13.2 Å². The van der Waals surface area contributed by atoms with Crippen LogP contribution >= 0.6 is 11.8 Å². The molecule has 1 fully saturated rings. The predicted molar refractivity (Wildman–Crippen MR) is 64.3 cm³/mol. The van der Waals surface area contributed by atoms with E-state index in [1.165, 1.54) is 12.1 Å². The van der Waals surface area contributed by atoms with Gasteiger partial charge in [-0.2, -0.15) is 13.2 Å². The average molecular weight is 277 g/mol. The fourth-order valence-corrected chi connectivity index (χ4v) is 2.55. The number of halogens is 3. The number of hydrogen-bond donors (Lipinski definition) is 1. The molecule has 0 aliphatic carbocycles. The van der Waals surface area contributed by atoms with Crippen LogP contribution in [0.2, 0.25) is 0 Å². The third kappa shape index (κ3) is 3.63. The lowest BCUT2D eigenvalue weighted by atomic mass is 9.97. The summed E-state index contributed by atoms with van der Waals surface area (Å²) in [4.78, 5) is 0.177. The molecule has 100 valence electrons. The zero-order valence-corrected chi connectivity index (χ0v) is 10.4. The van der Waals surface area contributed by atoms with Gasteiger partial charge in [0.05, 0.1) is 6.10 Å². The quantitative estimate of drug-likeness (QED) is 0.841. The van der Waals surface area contributed by atoms with E-state index in [1.54, 1.807) is 12.1 Å². The minimum absolute atomic E-state index is 0.0835. The van der Waals surface area contributed by atoms with Gasteiger partial charge >= 0.3 is 5.51 Å². The zero-order chi connectivity index (χ0) is 13.2. The Bertz CT molecular complexity index is 393. The molecule has 2 atom stereocenters. The van der Waals surface area contributed by atoms with Gasteiger partial charge < -0.3 is 10.5 Å². The van der Waals surface area contributed by atoms with E-state index in [9.17, 15) is 13.2 Å². The maximum Gasteiger partial charge on any atom is 0.446 e. The van der Waals surface area contributed by atoms with Gasteiger partial charge in [-0.05, 0) is 42.3 Å². The normalized spacial score (nSPS) is 25.1. The second-order valence-corrected chi connectivity index (χ2v) is 5.35. The van der Waals surface area contributed by atoms with Crippen molar-refractivity contribution in [3.05, 3.63) is 29.8 Å². The molecule has 0 aromatic heterocycles. The number of alkyl halides is 3. The summed E-state index contributed by atoms with van der Waals surface area (Å²) < 4.78 is 42.1. The van der Waals surface area contributed by atoms with Gasteiger partial charge in [0.1, 0.15) is 0 Å². The van der Waals surface area contributed by atoms with Crippen LogP contribution in [0.25, 0.3) is 0 Å². The molecular formula is C12H14F3NOS. The van der Waals surface area contributed by atoms with Gasteiger partial charge in [0.2, 0.25) is 0 Å². The van der Waals surface area contributed by atoms with Gasteiger partial charge in [0.15, 0.2) is 0 Å². The van der Waals surface area contributed by atoms with Crippen LogP contribution in [-0.2, 0) is 4.74 Å². The molecule has 1 saturated heterocycles. The Morgan fingerprint density at radius 1 is 1.22 bits per heavy atom. The van der Waals surface area contributed by atoms with Crippen LogP contribution in [0.1, 0.15) is 24.5 Å². The summed E-state index contributed by atoms with van der Waals surface area (Å²) in [5, 5.41) is 0. The van der Waals surface area contributed by atoms with E-state index in [0.717, 1.165) is 18.4 Å². The highest BCUT2D eigenvalue weighted by Gasteiger charge is 2.29. The summed E-state index contributed by atoms with van der Waals surface area (Å²) in [6, 6.07) is 6.14. The molecule has 1 aliphatic heterocycles. The molecule has 0 saturated carbocycles. The van der Waals surface area contributed by atoms with Crippen molar-refractivity contribution in [3.8, 4) is 0 Å². The van der Waals surface area contributed by atoms with E-state index in [4.69, 9.17) is 10.5 Å². The van der Waals surface area contributed by atoms with Crippen molar-refractivity contribution in [1.29, 1.82) is 0 Å². The molecule has 0 spiro atoms. The van der Waals surface area contributed by atoms with Crippen LogP contribution in [0.15, 0.2) is 29.2 Å². The molecule has 1 aliphatic rings. The summed E-state index contributed by atoms with van der Waals surface area (Å²) in [7, 11) is 0. The number of benzene rings is 1. The molecule has 2 nitrogen and oxygen atoms in total. The Kier molecular flexibility index (Phi) is 4.19. The van der Waals surface area contributed by atoms with Crippen molar-refractivity contribution in [1.82, 2.24) is 0 Å². The predicted octanol–water partition coefficient (Wildman–Crippen LogP) is 3.48. The number of nitrogens with two attached hydrogens (primary N) is 1. The van der Waals surface area contributed by atoms with Crippen LogP contribution in [0.5, 0.6) is 0 Å². The van der Waals surface area contributed by atoms with Gasteiger partial charge in [0, 0.05) is 17.5 Å². The topological polar surface area (TPSA) is 35.2 Å². The monoisotopic (exact) mass is 277 g/mol. The van der Waals surface area contributed by atoms with E-state index in [-0.39, 0.29) is 28.8 Å². The van der Waals surface area contributed by atoms with Crippen molar-refractivity contribution in [2.45, 2.75) is 35.4 Å². The Morgan fingerprint density at radius 2 is 1.89 bits per heavy atom. The molecule has 18 heavy (non-hydrogen) atoms. The lowest BCUT2D eigenvalue weighted by Crippen LogP contribution is -2.34. The molecule has 0 bridgehead atoms. The second-order valence-electron chi connectivity index (χ2n) is 4.21. The fourth-order valence-electron chi connectivity index (χ4n) is 2.01. The third-order valence-electron chi connectivity index (χ3n) is 2.81. The standard InChI is InChI=1S/C12H14F3NOS/c13-12(14,15)18-9-5-3-8(4-6-9)11-10(16)2-1-7-17-11/h3-6,10-11H,1-2,7,16H2. The van der Waals surface area contributed by atoms with Gasteiger partial charge in [-0.3, -0.25) is 0 Å². The summed E-state index contributed by atoms with van der Waals surface area (Å²) in [5.74, 6) is 0. The lowest BCUT2D eigenvalue weighted by molar-refractivity contribution is -0.0328. The van der Waals surface area contributed by atoms with Gasteiger partial charge in [0.25, 0.3) is 0 Å². The molecule has 6 heteroatoms. The molecule has 2 N–H and O–H groups in total. The fraction of sp³-hybridized carbons (Fsp3) is 0.500. The van der Waals surface area contributed by atoms with Crippen LogP contribution < -0.4 is 5.73 Å². The Labute approximate surface area is 108 Å². The van der Waals surface area contributed by atoms with E-state index >= 15 is 0 Å². The molecule has 1 aromatic rings. The van der Waals surface area contributed by atoms with Gasteiger partial charge in [-0.1, -0.05) is 12.1 Å². The van der Waals surface area contributed by atoms with E-state index < -0.39 is 5.51 Å². The van der Waals surface area contributed by atoms with Crippen molar-refractivity contribution < 1.29 is 17.9 Å². The highest BCUT2D eigenvalue weighted by molar-refractivity contribution is 8.00. The first-order valence-electron chi connectivity index (χ1n) is 5.68. The van der Waals surface area contributed by atoms with Crippen molar-refractivity contribution in [3.63, 3.8) is 0 Å². The van der Waals surface area contributed by atoms with Crippen LogP contribution in [-0.4, -0.2) is 18.2 Å². The third-order valence-corrected chi connectivity index (χ3v) is 3.55. The highest BCUT2D eigenvalue weighted by Crippen LogP contribution is 2.37. The van der Waals surface area contributed by atoms with Gasteiger partial charge in [-0.25, -0.2) is 0 Å². The Morgan fingerprint density at radius 3 is 2.44 bits per heavy atom. The van der Waals surface area contributed by atoms with Gasteiger partial charge in [-0.15, -0.1) is 0 Å². The number of rotatable bonds is 2. The highest BCUT2D eigenvalue weighted by atomic mass is 32.2. The van der Waals surface area contributed by atoms with Crippen molar-refractivity contribution in [2.24, 2.45) is 5.73 Å². The molecule has 2 rings (SSSR count). The number of thioether (sulfide) groups is 1.